The maximum absolute atomic E-state index is 13.3. The zero-order chi connectivity index (χ0) is 42.7. The van der Waals surface area contributed by atoms with E-state index in [0.717, 1.165) is 5.57 Å². The van der Waals surface area contributed by atoms with Gasteiger partial charge in [-0.25, -0.2) is 0 Å². The van der Waals surface area contributed by atoms with Crippen LogP contribution in [0.2, 0.25) is 0 Å². The molecule has 14 heteroatoms. The van der Waals surface area contributed by atoms with Crippen LogP contribution in [0.25, 0.3) is 0 Å². The van der Waals surface area contributed by atoms with Gasteiger partial charge >= 0.3 is 0 Å². The molecule has 2 fully saturated rings. The molecule has 2 saturated heterocycles. The quantitative estimate of drug-likeness (QED) is 0.0647. The Labute approximate surface area is 334 Å². The second kappa shape index (κ2) is 21.0. The number of rotatable bonds is 17. The molecule has 0 spiro atoms. The standard InChI is InChI=1S/C43H60N2O12/c1-9-11-13-21-31-42(6,7)38(50)39(51)43(54,57-31)28(10-2)40(52)44-23-17-16-19-26(4)36(55-8)27(5)37-35(49)34(48)30(56-37)20-15-12-14-18-25(3)33(47)32-29(46)22-24-45-41(32)53/h9,11-22,24,27-28,30-31,34-39,48-51,54H,10,23H2,1-8H3,(H,44,52)(H2,45,46,53)/b11-9+,14-12+,17-16+,20-15+,21-13+,25-18+,26-19+/t27-,28-,30?,31+,34+,35+,36-,37?,38+,39-,43-/m0/s1. The second-order valence-electron chi connectivity index (χ2n) is 15.0. The Morgan fingerprint density at radius 3 is 2.32 bits per heavy atom. The van der Waals surface area contributed by atoms with Gasteiger partial charge in [0.1, 0.15) is 35.7 Å². The third-order valence-corrected chi connectivity index (χ3v) is 10.7. The molecule has 14 nitrogen and oxygen atoms in total. The molecule has 2 aliphatic rings. The number of ketones is 1. The molecule has 314 valence electrons. The van der Waals surface area contributed by atoms with Crippen LogP contribution in [-0.2, 0) is 19.0 Å². The van der Waals surface area contributed by atoms with Crippen LogP contribution in [0.15, 0.2) is 101 Å². The van der Waals surface area contributed by atoms with Gasteiger partial charge < -0.3 is 55.2 Å². The van der Waals surface area contributed by atoms with Crippen LogP contribution in [0.4, 0.5) is 0 Å². The number of hydrogen-bond acceptors (Lipinski definition) is 12. The van der Waals surface area contributed by atoms with E-state index in [1.165, 1.54) is 32.4 Å². The van der Waals surface area contributed by atoms with Crippen LogP contribution in [0.3, 0.4) is 0 Å². The predicted molar refractivity (Wildman–Crippen MR) is 215 cm³/mol. The van der Waals surface area contributed by atoms with Gasteiger partial charge in [0.25, 0.3) is 5.56 Å². The van der Waals surface area contributed by atoms with Crippen molar-refractivity contribution in [1.82, 2.24) is 10.3 Å². The van der Waals surface area contributed by atoms with Crippen molar-refractivity contribution in [1.29, 1.82) is 0 Å². The number of aliphatic hydroxyl groups excluding tert-OH is 4. The van der Waals surface area contributed by atoms with Crippen molar-refractivity contribution in [2.45, 2.75) is 110 Å². The minimum absolute atomic E-state index is 0.0817. The third-order valence-electron chi connectivity index (χ3n) is 10.7. The summed E-state index contributed by atoms with van der Waals surface area (Å²) in [6.45, 7) is 12.2. The molecule has 1 aromatic heterocycles. The van der Waals surface area contributed by atoms with E-state index in [4.69, 9.17) is 14.2 Å². The van der Waals surface area contributed by atoms with Crippen LogP contribution >= 0.6 is 0 Å². The lowest BCUT2D eigenvalue weighted by atomic mass is 9.71. The number of aromatic nitrogens is 1. The van der Waals surface area contributed by atoms with Gasteiger partial charge in [-0.05, 0) is 44.4 Å². The van der Waals surface area contributed by atoms with Crippen molar-refractivity contribution in [3.8, 4) is 5.75 Å². The first-order valence-electron chi connectivity index (χ1n) is 19.1. The molecular formula is C43H60N2O12. The van der Waals surface area contributed by atoms with Crippen LogP contribution in [0.5, 0.6) is 5.75 Å². The van der Waals surface area contributed by atoms with Crippen molar-refractivity contribution in [3.63, 3.8) is 0 Å². The maximum atomic E-state index is 13.3. The summed E-state index contributed by atoms with van der Waals surface area (Å²) >= 11 is 0. The number of carbonyl (C=O) groups excluding carboxylic acids is 2. The number of ether oxygens (including phenoxy) is 3. The smallest absolute Gasteiger partial charge is 0.262 e. The highest BCUT2D eigenvalue weighted by Gasteiger charge is 2.60. The SMILES string of the molecule is C/C=C/C=C/[C@H]1O[C@@](O)([C@@H](CC)C(=O)NC/C=C/C=C(\C)[C@H](OC)[C@H](C)C2OC(/C=C/C=C/C=C(\C)C(=O)c3c(O)cc[nH]c3=O)[C@@H](O)[C@H]2O)[C@@H](O)[C@@H](O)C1(C)C. The summed E-state index contributed by atoms with van der Waals surface area (Å²) in [7, 11) is 1.52. The lowest BCUT2D eigenvalue weighted by molar-refractivity contribution is -0.359. The van der Waals surface area contributed by atoms with E-state index in [-0.39, 0.29) is 24.1 Å². The molecule has 1 amide bonds. The number of carbonyl (C=O) groups is 2. The summed E-state index contributed by atoms with van der Waals surface area (Å²) in [5.41, 5.74) is -1.02. The molecule has 8 N–H and O–H groups in total. The molecule has 0 saturated carbocycles. The van der Waals surface area contributed by atoms with Crippen LogP contribution < -0.4 is 10.9 Å². The number of aliphatic hydroxyl groups is 5. The topological polar surface area (TPSA) is 228 Å². The number of aromatic hydroxyl groups is 1. The lowest BCUT2D eigenvalue weighted by Crippen LogP contribution is -2.69. The van der Waals surface area contributed by atoms with Gasteiger partial charge in [0.05, 0.1) is 30.3 Å². The number of methoxy groups -OCH3 is 1. The molecular weight excluding hydrogens is 736 g/mol. The average Bonchev–Trinajstić information content (AvgIpc) is 3.45. The van der Waals surface area contributed by atoms with Crippen molar-refractivity contribution in [3.05, 3.63) is 112 Å². The first-order valence-corrected chi connectivity index (χ1v) is 19.1. The number of aromatic amines is 1. The van der Waals surface area contributed by atoms with E-state index < -0.39 is 94.9 Å². The van der Waals surface area contributed by atoms with Crippen LogP contribution in [0.1, 0.15) is 65.2 Å². The number of allylic oxidation sites excluding steroid dienone is 10. The lowest BCUT2D eigenvalue weighted by Gasteiger charge is -2.53. The van der Waals surface area contributed by atoms with Gasteiger partial charge in [-0.15, -0.1) is 0 Å². The Morgan fingerprint density at radius 2 is 1.68 bits per heavy atom. The Morgan fingerprint density at radius 1 is 1.00 bits per heavy atom. The van der Waals surface area contributed by atoms with Gasteiger partial charge in [-0.2, -0.15) is 0 Å². The zero-order valence-corrected chi connectivity index (χ0v) is 33.9. The first-order chi connectivity index (χ1) is 26.9. The van der Waals surface area contributed by atoms with E-state index in [1.54, 1.807) is 81.5 Å². The average molecular weight is 797 g/mol. The normalized spacial score (nSPS) is 30.2. The Hall–Kier alpha value is -4.25. The Kier molecular flexibility index (Phi) is 17.3. The highest BCUT2D eigenvalue weighted by molar-refractivity contribution is 6.09. The molecule has 0 bridgehead atoms. The van der Waals surface area contributed by atoms with Crippen molar-refractivity contribution in [2.75, 3.05) is 13.7 Å². The molecule has 0 aromatic carbocycles. The van der Waals surface area contributed by atoms with Crippen LogP contribution in [0, 0.1) is 17.3 Å². The molecule has 11 atom stereocenters. The summed E-state index contributed by atoms with van der Waals surface area (Å²) in [4.78, 5) is 40.2. The number of amides is 1. The number of pyridine rings is 1. The van der Waals surface area contributed by atoms with E-state index in [0.29, 0.717) is 0 Å². The Balaban J connectivity index is 1.60. The maximum Gasteiger partial charge on any atom is 0.262 e. The molecule has 2 aliphatic heterocycles. The third kappa shape index (κ3) is 11.0. The number of hydrogen-bond donors (Lipinski definition) is 8. The highest BCUT2D eigenvalue weighted by atomic mass is 16.7. The van der Waals surface area contributed by atoms with Gasteiger partial charge in [0.15, 0.2) is 5.78 Å². The van der Waals surface area contributed by atoms with Gasteiger partial charge in [-0.1, -0.05) is 101 Å². The largest absolute Gasteiger partial charge is 0.507 e. The summed E-state index contributed by atoms with van der Waals surface area (Å²) in [6.07, 6.45) is 12.8. The molecule has 3 rings (SSSR count). The predicted octanol–water partition coefficient (Wildman–Crippen LogP) is 3.07. The molecule has 0 radical (unpaired) electrons. The molecule has 57 heavy (non-hydrogen) atoms. The van der Waals surface area contributed by atoms with E-state index in [2.05, 4.69) is 10.3 Å². The fourth-order valence-corrected chi connectivity index (χ4v) is 7.12. The fraction of sp³-hybridized carbons (Fsp3) is 0.512. The number of H-pyrrole nitrogens is 1. The van der Waals surface area contributed by atoms with Crippen molar-refractivity contribution >= 4 is 11.7 Å². The monoisotopic (exact) mass is 796 g/mol. The summed E-state index contributed by atoms with van der Waals surface area (Å²) in [5, 5.41) is 67.8. The first kappa shape index (κ1) is 47.1. The molecule has 1 aromatic rings. The molecule has 3 heterocycles. The molecule has 0 aliphatic carbocycles. The zero-order valence-electron chi connectivity index (χ0n) is 33.9. The highest BCUT2D eigenvalue weighted by Crippen LogP contribution is 2.44. The fourth-order valence-electron chi connectivity index (χ4n) is 7.12. The summed E-state index contributed by atoms with van der Waals surface area (Å²) in [5.74, 6) is -5.55. The number of Topliss-reactive ketones (excluding diaryl/α,β-unsaturated/α-hetero) is 1. The van der Waals surface area contributed by atoms with Gasteiger partial charge in [0, 0.05) is 31.2 Å². The van der Waals surface area contributed by atoms with E-state index in [9.17, 15) is 45.0 Å². The minimum Gasteiger partial charge on any atom is -0.507 e. The van der Waals surface area contributed by atoms with Gasteiger partial charge in [0.2, 0.25) is 11.7 Å². The summed E-state index contributed by atoms with van der Waals surface area (Å²) in [6, 6.07) is 1.22. The number of nitrogens with one attached hydrogen (secondary N) is 2. The van der Waals surface area contributed by atoms with Gasteiger partial charge in [-0.3, -0.25) is 14.4 Å². The Bertz CT molecular complexity index is 1810. The summed E-state index contributed by atoms with van der Waals surface area (Å²) < 4.78 is 17.8. The minimum atomic E-state index is -2.34. The second-order valence-corrected chi connectivity index (χ2v) is 15.0. The van der Waals surface area contributed by atoms with E-state index in [1.807, 2.05) is 26.8 Å². The molecule has 2 unspecified atom stereocenters. The van der Waals surface area contributed by atoms with Crippen molar-refractivity contribution in [2.24, 2.45) is 17.3 Å². The van der Waals surface area contributed by atoms with Crippen LogP contribution in [-0.4, -0.2) is 116 Å². The van der Waals surface area contributed by atoms with E-state index >= 15 is 0 Å². The van der Waals surface area contributed by atoms with Crippen molar-refractivity contribution < 1.29 is 54.4 Å².